The Balaban J connectivity index is 1.73. The molecule has 7 heteroatoms. The highest BCUT2D eigenvalue weighted by atomic mass is 16.6. The third-order valence-corrected chi connectivity index (χ3v) is 5.11. The number of benzene rings is 2. The van der Waals surface area contributed by atoms with Gasteiger partial charge in [0.05, 0.1) is 11.7 Å². The number of carbonyl (C=O) groups is 3. The summed E-state index contributed by atoms with van der Waals surface area (Å²) >= 11 is 0. The molecular weight excluding hydrogens is 420 g/mol. The van der Waals surface area contributed by atoms with Crippen molar-refractivity contribution < 1.29 is 23.9 Å². The lowest BCUT2D eigenvalue weighted by Crippen LogP contribution is -2.30. The second kappa shape index (κ2) is 10.2. The van der Waals surface area contributed by atoms with Crippen LogP contribution in [0.15, 0.2) is 54.6 Å². The number of amides is 1. The number of H-pyrrole nitrogens is 1. The maximum atomic E-state index is 12.8. The topological polar surface area (TPSA) is 97.5 Å². The molecule has 1 aromatic heterocycles. The molecule has 1 heterocycles. The summed E-state index contributed by atoms with van der Waals surface area (Å²) in [6.07, 6.45) is -1.35. The second-order valence-electron chi connectivity index (χ2n) is 8.03. The number of anilines is 1. The van der Waals surface area contributed by atoms with Crippen molar-refractivity contribution >= 4 is 23.5 Å². The first kappa shape index (κ1) is 23.8. The number of nitrogens with one attached hydrogen (secondary N) is 2. The summed E-state index contributed by atoms with van der Waals surface area (Å²) in [6.45, 7) is 8.31. The van der Waals surface area contributed by atoms with Gasteiger partial charge in [-0.3, -0.25) is 4.79 Å². The van der Waals surface area contributed by atoms with Gasteiger partial charge >= 0.3 is 11.9 Å². The zero-order chi connectivity index (χ0) is 24.1. The lowest BCUT2D eigenvalue weighted by molar-refractivity contribution is -0.123. The van der Waals surface area contributed by atoms with E-state index in [1.165, 1.54) is 6.92 Å². The average molecular weight is 449 g/mol. The third-order valence-electron chi connectivity index (χ3n) is 5.11. The van der Waals surface area contributed by atoms with Gasteiger partial charge in [-0.2, -0.15) is 0 Å². The number of para-hydroxylation sites is 1. The molecule has 3 aromatic rings. The van der Waals surface area contributed by atoms with Crippen LogP contribution in [0.25, 0.3) is 11.1 Å². The molecule has 1 amide bonds. The summed E-state index contributed by atoms with van der Waals surface area (Å²) in [5.74, 6) is -1.70. The molecule has 3 rings (SSSR count). The molecule has 172 valence electrons. The molecule has 0 spiro atoms. The first-order valence-corrected chi connectivity index (χ1v) is 10.8. The SMILES string of the molecule is Cc1[nH]c(C(=O)OC(C)C(=O)Nc2ccccc2-c2ccccc2)c(C)c1C(=O)OC(C)C. The Morgan fingerprint density at radius 1 is 0.848 bits per heavy atom. The molecule has 2 N–H and O–H groups in total. The van der Waals surface area contributed by atoms with Crippen molar-refractivity contribution in [2.45, 2.75) is 46.8 Å². The molecule has 0 aliphatic carbocycles. The Bertz CT molecular complexity index is 1160. The molecule has 0 fully saturated rings. The van der Waals surface area contributed by atoms with Gasteiger partial charge < -0.3 is 19.8 Å². The van der Waals surface area contributed by atoms with Crippen LogP contribution < -0.4 is 5.32 Å². The molecule has 0 bridgehead atoms. The van der Waals surface area contributed by atoms with Gasteiger partial charge in [0.2, 0.25) is 0 Å². The van der Waals surface area contributed by atoms with E-state index in [2.05, 4.69) is 10.3 Å². The highest BCUT2D eigenvalue weighted by Gasteiger charge is 2.27. The molecule has 0 saturated carbocycles. The van der Waals surface area contributed by atoms with E-state index >= 15 is 0 Å². The smallest absolute Gasteiger partial charge is 0.355 e. The highest BCUT2D eigenvalue weighted by Crippen LogP contribution is 2.28. The first-order chi connectivity index (χ1) is 15.7. The van der Waals surface area contributed by atoms with Crippen molar-refractivity contribution in [2.24, 2.45) is 0 Å². The van der Waals surface area contributed by atoms with Gasteiger partial charge in [-0.05, 0) is 51.8 Å². The largest absolute Gasteiger partial charge is 0.459 e. The zero-order valence-corrected chi connectivity index (χ0v) is 19.4. The van der Waals surface area contributed by atoms with Crippen LogP contribution in [0, 0.1) is 13.8 Å². The van der Waals surface area contributed by atoms with Gasteiger partial charge in [0.15, 0.2) is 6.10 Å². The van der Waals surface area contributed by atoms with Crippen molar-refractivity contribution in [1.82, 2.24) is 4.98 Å². The van der Waals surface area contributed by atoms with E-state index in [4.69, 9.17) is 9.47 Å². The standard InChI is InChI=1S/C26H28N2O5/c1-15(2)32-25(30)22-16(3)23(27-17(22)4)26(31)33-18(5)24(29)28-21-14-10-9-13-20(21)19-11-7-6-8-12-19/h6-15,18,27H,1-5H3,(H,28,29). The fourth-order valence-corrected chi connectivity index (χ4v) is 3.50. The molecule has 0 aliphatic rings. The van der Waals surface area contributed by atoms with Gasteiger partial charge in [0, 0.05) is 16.9 Å². The van der Waals surface area contributed by atoms with E-state index in [1.54, 1.807) is 33.8 Å². The monoisotopic (exact) mass is 448 g/mol. The van der Waals surface area contributed by atoms with Crippen LogP contribution in [0.5, 0.6) is 0 Å². The Morgan fingerprint density at radius 2 is 1.48 bits per heavy atom. The number of carbonyl (C=O) groups excluding carboxylic acids is 3. The van der Waals surface area contributed by atoms with Crippen molar-refractivity contribution in [2.75, 3.05) is 5.32 Å². The van der Waals surface area contributed by atoms with E-state index < -0.39 is 23.9 Å². The number of hydrogen-bond acceptors (Lipinski definition) is 5. The Morgan fingerprint density at radius 3 is 2.15 bits per heavy atom. The molecule has 33 heavy (non-hydrogen) atoms. The summed E-state index contributed by atoms with van der Waals surface area (Å²) in [7, 11) is 0. The average Bonchev–Trinajstić information content (AvgIpc) is 3.08. The van der Waals surface area contributed by atoms with Crippen LogP contribution in [0.2, 0.25) is 0 Å². The van der Waals surface area contributed by atoms with Gasteiger partial charge in [-0.25, -0.2) is 9.59 Å². The fourth-order valence-electron chi connectivity index (χ4n) is 3.50. The lowest BCUT2D eigenvalue weighted by atomic mass is 10.0. The minimum Gasteiger partial charge on any atom is -0.459 e. The number of aryl methyl sites for hydroxylation is 1. The summed E-state index contributed by atoms with van der Waals surface area (Å²) < 4.78 is 10.6. The molecule has 0 aliphatic heterocycles. The van der Waals surface area contributed by atoms with Gasteiger partial charge in [-0.15, -0.1) is 0 Å². The zero-order valence-electron chi connectivity index (χ0n) is 19.4. The molecular formula is C26H28N2O5. The van der Waals surface area contributed by atoms with Crippen LogP contribution in [0.3, 0.4) is 0 Å². The van der Waals surface area contributed by atoms with Crippen LogP contribution in [-0.4, -0.2) is 35.0 Å². The number of aromatic nitrogens is 1. The third kappa shape index (κ3) is 5.49. The number of aromatic amines is 1. The number of esters is 2. The summed E-state index contributed by atoms with van der Waals surface area (Å²) in [6, 6.07) is 17.1. The lowest BCUT2D eigenvalue weighted by Gasteiger charge is -2.16. The van der Waals surface area contributed by atoms with Crippen molar-refractivity contribution in [3.05, 3.63) is 77.1 Å². The molecule has 7 nitrogen and oxygen atoms in total. The number of ether oxygens (including phenoxy) is 2. The fraction of sp³-hybridized carbons (Fsp3) is 0.269. The van der Waals surface area contributed by atoms with Crippen LogP contribution in [0.4, 0.5) is 5.69 Å². The Labute approximate surface area is 193 Å². The van der Waals surface area contributed by atoms with Crippen molar-refractivity contribution in [1.29, 1.82) is 0 Å². The van der Waals surface area contributed by atoms with Crippen molar-refractivity contribution in [3.63, 3.8) is 0 Å². The summed E-state index contributed by atoms with van der Waals surface area (Å²) in [4.78, 5) is 40.8. The van der Waals surface area contributed by atoms with Crippen LogP contribution in [-0.2, 0) is 14.3 Å². The van der Waals surface area contributed by atoms with Gasteiger partial charge in [0.1, 0.15) is 5.69 Å². The van der Waals surface area contributed by atoms with E-state index in [-0.39, 0.29) is 11.8 Å². The van der Waals surface area contributed by atoms with Gasteiger partial charge in [0.25, 0.3) is 5.91 Å². The predicted octanol–water partition coefficient (Wildman–Crippen LogP) is 5.05. The molecule has 0 radical (unpaired) electrons. The number of hydrogen-bond donors (Lipinski definition) is 2. The summed E-state index contributed by atoms with van der Waals surface area (Å²) in [5.41, 5.74) is 3.76. The van der Waals surface area contributed by atoms with E-state index in [0.717, 1.165) is 11.1 Å². The Hall–Kier alpha value is -3.87. The second-order valence-corrected chi connectivity index (χ2v) is 8.03. The van der Waals surface area contributed by atoms with Gasteiger partial charge in [-0.1, -0.05) is 48.5 Å². The van der Waals surface area contributed by atoms with Crippen LogP contribution >= 0.6 is 0 Å². The quantitative estimate of drug-likeness (QED) is 0.493. The minimum atomic E-state index is -1.06. The predicted molar refractivity (Wildman–Crippen MR) is 126 cm³/mol. The molecule has 1 unspecified atom stereocenters. The molecule has 1 atom stereocenters. The van der Waals surface area contributed by atoms with Crippen molar-refractivity contribution in [3.8, 4) is 11.1 Å². The van der Waals surface area contributed by atoms with E-state index in [9.17, 15) is 14.4 Å². The molecule has 0 saturated heterocycles. The Kier molecular flexibility index (Phi) is 7.33. The first-order valence-electron chi connectivity index (χ1n) is 10.8. The normalized spacial score (nSPS) is 11.7. The highest BCUT2D eigenvalue weighted by molar-refractivity contribution is 6.01. The van der Waals surface area contributed by atoms with Crippen LogP contribution in [0.1, 0.15) is 52.9 Å². The van der Waals surface area contributed by atoms with E-state index in [0.29, 0.717) is 22.5 Å². The minimum absolute atomic E-state index is 0.118. The molecule has 2 aromatic carbocycles. The maximum absolute atomic E-state index is 12.8. The maximum Gasteiger partial charge on any atom is 0.355 e. The summed E-state index contributed by atoms with van der Waals surface area (Å²) in [5, 5.41) is 2.84. The number of rotatable bonds is 7. The van der Waals surface area contributed by atoms with E-state index in [1.807, 2.05) is 48.5 Å².